The molecule has 0 fully saturated rings. The number of aromatic nitrogens is 1. The van der Waals surface area contributed by atoms with E-state index in [4.69, 9.17) is 10.3 Å². The molecule has 4 heteroatoms. The average molecular weight is 281 g/mol. The summed E-state index contributed by atoms with van der Waals surface area (Å²) in [7, 11) is 0. The Bertz CT molecular complexity index is 468. The number of rotatable bonds is 4. The Kier molecular flexibility index (Phi) is 3.74. The van der Waals surface area contributed by atoms with E-state index in [9.17, 15) is 0 Å². The van der Waals surface area contributed by atoms with Crippen LogP contribution in [-0.4, -0.2) is 11.7 Å². The summed E-state index contributed by atoms with van der Waals surface area (Å²) in [5.74, 6) is 0. The highest BCUT2D eigenvalue weighted by atomic mass is 79.9. The van der Waals surface area contributed by atoms with Crippen LogP contribution in [0.4, 0.5) is 0 Å². The fourth-order valence-corrected chi connectivity index (χ4v) is 2.00. The quantitative estimate of drug-likeness (QED) is 0.937. The average Bonchev–Trinajstić information content (AvgIpc) is 2.74. The molecule has 1 heterocycles. The zero-order chi connectivity index (χ0) is 11.4. The van der Waals surface area contributed by atoms with Gasteiger partial charge in [-0.3, -0.25) is 0 Å². The van der Waals surface area contributed by atoms with Crippen molar-refractivity contribution in [1.29, 1.82) is 0 Å². The lowest BCUT2D eigenvalue weighted by Crippen LogP contribution is -2.01. The van der Waals surface area contributed by atoms with Crippen LogP contribution >= 0.6 is 15.9 Å². The van der Waals surface area contributed by atoms with Gasteiger partial charge in [0.1, 0.15) is 6.26 Å². The van der Waals surface area contributed by atoms with Crippen LogP contribution in [0.25, 0.3) is 11.1 Å². The fraction of sp³-hybridized carbons (Fsp3) is 0.250. The Morgan fingerprint density at radius 3 is 3.00 bits per heavy atom. The van der Waals surface area contributed by atoms with Crippen molar-refractivity contribution in [2.45, 2.75) is 12.8 Å². The summed E-state index contributed by atoms with van der Waals surface area (Å²) >= 11 is 3.45. The second kappa shape index (κ2) is 5.27. The molecule has 1 aromatic heterocycles. The zero-order valence-electron chi connectivity index (χ0n) is 8.82. The van der Waals surface area contributed by atoms with Gasteiger partial charge in [0.15, 0.2) is 0 Å². The van der Waals surface area contributed by atoms with E-state index in [1.54, 1.807) is 6.26 Å². The summed E-state index contributed by atoms with van der Waals surface area (Å²) in [6, 6.07) is 8.09. The maximum absolute atomic E-state index is 5.49. The van der Waals surface area contributed by atoms with Crippen molar-refractivity contribution < 1.29 is 4.52 Å². The Hall–Kier alpha value is -1.13. The Morgan fingerprint density at radius 2 is 2.25 bits per heavy atom. The summed E-state index contributed by atoms with van der Waals surface area (Å²) in [4.78, 5) is 0. The normalized spacial score (nSPS) is 10.6. The monoisotopic (exact) mass is 280 g/mol. The molecule has 0 radical (unpaired) electrons. The third-order valence-corrected chi connectivity index (χ3v) is 2.89. The van der Waals surface area contributed by atoms with Gasteiger partial charge < -0.3 is 10.3 Å². The first-order chi connectivity index (χ1) is 7.81. The lowest BCUT2D eigenvalue weighted by atomic mass is 10.0. The third kappa shape index (κ3) is 2.51. The minimum atomic E-state index is 0.671. The van der Waals surface area contributed by atoms with Gasteiger partial charge in [0.05, 0.1) is 5.69 Å². The van der Waals surface area contributed by atoms with Crippen molar-refractivity contribution in [2.75, 3.05) is 6.54 Å². The van der Waals surface area contributed by atoms with Crippen LogP contribution in [0.5, 0.6) is 0 Å². The van der Waals surface area contributed by atoms with E-state index in [-0.39, 0.29) is 0 Å². The van der Waals surface area contributed by atoms with Crippen LogP contribution in [-0.2, 0) is 6.42 Å². The molecule has 0 saturated heterocycles. The summed E-state index contributed by atoms with van der Waals surface area (Å²) < 4.78 is 6.08. The highest BCUT2D eigenvalue weighted by molar-refractivity contribution is 9.10. The second-order valence-electron chi connectivity index (χ2n) is 3.58. The van der Waals surface area contributed by atoms with E-state index in [0.29, 0.717) is 6.54 Å². The first-order valence-corrected chi connectivity index (χ1v) is 6.00. The van der Waals surface area contributed by atoms with Crippen molar-refractivity contribution in [1.82, 2.24) is 5.16 Å². The van der Waals surface area contributed by atoms with E-state index in [1.807, 2.05) is 18.2 Å². The van der Waals surface area contributed by atoms with Crippen LogP contribution < -0.4 is 5.73 Å². The van der Waals surface area contributed by atoms with Crippen molar-refractivity contribution in [3.8, 4) is 11.1 Å². The van der Waals surface area contributed by atoms with Gasteiger partial charge in [-0.2, -0.15) is 0 Å². The Balaban J connectivity index is 2.29. The Morgan fingerprint density at radius 1 is 1.38 bits per heavy atom. The molecule has 0 saturated carbocycles. The topological polar surface area (TPSA) is 52.0 Å². The molecule has 0 bridgehead atoms. The third-order valence-electron chi connectivity index (χ3n) is 2.40. The molecule has 2 N–H and O–H groups in total. The van der Waals surface area contributed by atoms with Crippen molar-refractivity contribution >= 4 is 15.9 Å². The molecule has 2 aromatic rings. The largest absolute Gasteiger partial charge is 0.364 e. The zero-order valence-corrected chi connectivity index (χ0v) is 10.4. The Labute approximate surface area is 103 Å². The molecular formula is C12H13BrN2O. The molecule has 84 valence electrons. The predicted octanol–water partition coefficient (Wildman–Crippen LogP) is 3.00. The molecule has 0 amide bonds. The van der Waals surface area contributed by atoms with Crippen LogP contribution in [0, 0.1) is 0 Å². The van der Waals surface area contributed by atoms with Crippen LogP contribution in [0.3, 0.4) is 0 Å². The fourth-order valence-electron chi connectivity index (χ4n) is 1.60. The number of benzene rings is 1. The first kappa shape index (κ1) is 11.4. The van der Waals surface area contributed by atoms with Crippen molar-refractivity contribution in [3.05, 3.63) is 40.7 Å². The molecule has 0 atom stereocenters. The highest BCUT2D eigenvalue weighted by Crippen LogP contribution is 2.26. The molecule has 16 heavy (non-hydrogen) atoms. The van der Waals surface area contributed by atoms with Crippen LogP contribution in [0.2, 0.25) is 0 Å². The SMILES string of the molecule is NCCCc1nocc1-c1cccc(Br)c1. The second-order valence-corrected chi connectivity index (χ2v) is 4.49. The summed E-state index contributed by atoms with van der Waals surface area (Å²) in [5, 5.41) is 4.01. The van der Waals surface area contributed by atoms with Crippen molar-refractivity contribution in [3.63, 3.8) is 0 Å². The van der Waals surface area contributed by atoms with Gasteiger partial charge in [-0.05, 0) is 37.1 Å². The van der Waals surface area contributed by atoms with E-state index in [0.717, 1.165) is 34.1 Å². The lowest BCUT2D eigenvalue weighted by molar-refractivity contribution is 0.411. The van der Waals surface area contributed by atoms with Gasteiger partial charge in [0, 0.05) is 10.0 Å². The minimum Gasteiger partial charge on any atom is -0.364 e. The van der Waals surface area contributed by atoms with Gasteiger partial charge in [-0.25, -0.2) is 0 Å². The molecule has 0 aliphatic heterocycles. The number of halogens is 1. The smallest absolute Gasteiger partial charge is 0.131 e. The van der Waals surface area contributed by atoms with E-state index in [1.165, 1.54) is 0 Å². The highest BCUT2D eigenvalue weighted by Gasteiger charge is 2.09. The van der Waals surface area contributed by atoms with Gasteiger partial charge in [-0.1, -0.05) is 33.2 Å². The van der Waals surface area contributed by atoms with E-state index >= 15 is 0 Å². The molecule has 3 nitrogen and oxygen atoms in total. The maximum Gasteiger partial charge on any atom is 0.131 e. The number of hydrogen-bond donors (Lipinski definition) is 1. The lowest BCUT2D eigenvalue weighted by Gasteiger charge is -2.01. The molecule has 0 aliphatic rings. The number of hydrogen-bond acceptors (Lipinski definition) is 3. The van der Waals surface area contributed by atoms with Gasteiger partial charge in [0.25, 0.3) is 0 Å². The summed E-state index contributed by atoms with van der Waals surface area (Å²) in [5.41, 5.74) is 8.63. The minimum absolute atomic E-state index is 0.671. The standard InChI is InChI=1S/C12H13BrN2O/c13-10-4-1-3-9(7-10)11-8-16-15-12(11)5-2-6-14/h1,3-4,7-8H,2,5-6,14H2. The van der Waals surface area contributed by atoms with Crippen LogP contribution in [0.15, 0.2) is 39.5 Å². The number of aryl methyl sites for hydroxylation is 1. The number of nitrogens with two attached hydrogens (primary N) is 1. The molecule has 0 spiro atoms. The maximum atomic E-state index is 5.49. The van der Waals surface area contributed by atoms with Gasteiger partial charge in [-0.15, -0.1) is 0 Å². The molecule has 0 unspecified atom stereocenters. The van der Waals surface area contributed by atoms with Crippen molar-refractivity contribution in [2.24, 2.45) is 5.73 Å². The molecular weight excluding hydrogens is 268 g/mol. The summed E-state index contributed by atoms with van der Waals surface area (Å²) in [6.07, 6.45) is 3.47. The van der Waals surface area contributed by atoms with Gasteiger partial charge in [0.2, 0.25) is 0 Å². The first-order valence-electron chi connectivity index (χ1n) is 5.20. The van der Waals surface area contributed by atoms with Crippen LogP contribution in [0.1, 0.15) is 12.1 Å². The van der Waals surface area contributed by atoms with E-state index < -0.39 is 0 Å². The number of nitrogens with zero attached hydrogens (tertiary/aromatic N) is 1. The van der Waals surface area contributed by atoms with E-state index in [2.05, 4.69) is 27.2 Å². The summed E-state index contributed by atoms with van der Waals surface area (Å²) in [6.45, 7) is 0.671. The molecule has 0 aliphatic carbocycles. The molecule has 2 rings (SSSR count). The van der Waals surface area contributed by atoms with Gasteiger partial charge >= 0.3 is 0 Å². The predicted molar refractivity (Wildman–Crippen MR) is 67.0 cm³/mol. The molecule has 1 aromatic carbocycles.